The van der Waals surface area contributed by atoms with Crippen molar-refractivity contribution in [3.05, 3.63) is 11.6 Å². The molecule has 0 unspecified atom stereocenters. The summed E-state index contributed by atoms with van der Waals surface area (Å²) >= 11 is 0. The van der Waals surface area contributed by atoms with Crippen molar-refractivity contribution in [3.8, 4) is 0 Å². The molecule has 3 fully saturated rings. The average molecular weight is 419 g/mol. The molecule has 0 spiro atoms. The lowest BCUT2D eigenvalue weighted by Gasteiger charge is -2.56. The Bertz CT molecular complexity index is 743. The van der Waals surface area contributed by atoms with Gasteiger partial charge in [-0.25, -0.2) is 4.39 Å². The van der Waals surface area contributed by atoms with Crippen molar-refractivity contribution >= 4 is 17.5 Å². The van der Waals surface area contributed by atoms with Gasteiger partial charge >= 0.3 is 5.97 Å². The van der Waals surface area contributed by atoms with Crippen LogP contribution in [-0.2, 0) is 19.1 Å². The number of halogens is 1. The summed E-state index contributed by atoms with van der Waals surface area (Å²) in [4.78, 5) is 35.7. The van der Waals surface area contributed by atoms with E-state index in [0.717, 1.165) is 44.9 Å². The van der Waals surface area contributed by atoms with Crippen molar-refractivity contribution in [2.45, 2.75) is 84.2 Å². The molecular formula is C25H35FO4. The fraction of sp³-hybridized carbons (Fsp3) is 0.800. The SMILES string of the molecule is CC(=O)OCCCCC[C@@H]1CC2=CC(=O)CC[C@@H]2[C@@H]2[C@@H]1[C@@H]1CCC(=O)[C@@]1(C)C[C@@H]2F. The van der Waals surface area contributed by atoms with Crippen LogP contribution in [0.4, 0.5) is 4.39 Å². The lowest BCUT2D eigenvalue weighted by Crippen LogP contribution is -2.54. The van der Waals surface area contributed by atoms with Crippen LogP contribution in [0.25, 0.3) is 0 Å². The summed E-state index contributed by atoms with van der Waals surface area (Å²) in [6, 6.07) is 0. The summed E-state index contributed by atoms with van der Waals surface area (Å²) in [5, 5.41) is 0. The van der Waals surface area contributed by atoms with Crippen molar-refractivity contribution < 1.29 is 23.5 Å². The van der Waals surface area contributed by atoms with Crippen LogP contribution in [0.2, 0.25) is 0 Å². The van der Waals surface area contributed by atoms with Crippen LogP contribution in [0, 0.1) is 35.0 Å². The number of allylic oxidation sites excluding steroid dienone is 1. The van der Waals surface area contributed by atoms with Crippen molar-refractivity contribution in [3.63, 3.8) is 0 Å². The van der Waals surface area contributed by atoms with E-state index in [4.69, 9.17) is 4.74 Å². The predicted molar refractivity (Wildman–Crippen MR) is 111 cm³/mol. The standard InChI is InChI=1S/C25H35FO4/c1-15(27)30-11-5-3-4-6-16-12-17-13-18(28)7-8-19(17)24-21(26)14-25(2)20(23(16)24)9-10-22(25)29/h13,16,19-21,23-24H,3-12,14H2,1-2H3/t16-,19+,20+,21+,23+,24+,25+/m1/s1. The molecular weight excluding hydrogens is 383 g/mol. The van der Waals surface area contributed by atoms with Gasteiger partial charge in [0.05, 0.1) is 6.61 Å². The van der Waals surface area contributed by atoms with Crippen molar-refractivity contribution in [1.29, 1.82) is 0 Å². The molecule has 0 aromatic heterocycles. The topological polar surface area (TPSA) is 60.4 Å². The maximum absolute atomic E-state index is 15.7. The maximum atomic E-state index is 15.7. The first-order chi connectivity index (χ1) is 14.3. The van der Waals surface area contributed by atoms with E-state index in [1.54, 1.807) is 0 Å². The van der Waals surface area contributed by atoms with E-state index < -0.39 is 11.6 Å². The Kier molecular flexibility index (Phi) is 6.18. The average Bonchev–Trinajstić information content (AvgIpc) is 2.98. The van der Waals surface area contributed by atoms with Crippen LogP contribution < -0.4 is 0 Å². The van der Waals surface area contributed by atoms with E-state index in [0.29, 0.717) is 31.8 Å². The monoisotopic (exact) mass is 418 g/mol. The first-order valence-electron chi connectivity index (χ1n) is 11.9. The molecule has 0 aromatic carbocycles. The van der Waals surface area contributed by atoms with Gasteiger partial charge in [-0.15, -0.1) is 0 Å². The zero-order valence-electron chi connectivity index (χ0n) is 18.3. The Balaban J connectivity index is 1.52. The number of unbranched alkanes of at least 4 members (excludes halogenated alkanes) is 2. The Labute approximate surface area is 179 Å². The minimum Gasteiger partial charge on any atom is -0.466 e. The van der Waals surface area contributed by atoms with Crippen LogP contribution in [0.3, 0.4) is 0 Å². The second-order valence-corrected chi connectivity index (χ2v) is 10.3. The zero-order chi connectivity index (χ0) is 21.5. The van der Waals surface area contributed by atoms with Crippen molar-refractivity contribution in [2.24, 2.45) is 35.0 Å². The molecule has 4 aliphatic carbocycles. The van der Waals surface area contributed by atoms with Crippen LogP contribution >= 0.6 is 0 Å². The number of carbonyl (C=O) groups is 3. The van der Waals surface area contributed by atoms with Gasteiger partial charge in [0, 0.05) is 31.1 Å². The Morgan fingerprint density at radius 1 is 1.17 bits per heavy atom. The first kappa shape index (κ1) is 21.7. The molecule has 0 heterocycles. The highest BCUT2D eigenvalue weighted by Gasteiger charge is 2.61. The van der Waals surface area contributed by atoms with Crippen molar-refractivity contribution in [2.75, 3.05) is 6.61 Å². The number of fused-ring (bicyclic) bond motifs is 5. The molecule has 0 bridgehead atoms. The maximum Gasteiger partial charge on any atom is 0.302 e. The highest BCUT2D eigenvalue weighted by molar-refractivity contribution is 5.91. The number of esters is 1. The van der Waals surface area contributed by atoms with Gasteiger partial charge in [0.1, 0.15) is 12.0 Å². The van der Waals surface area contributed by atoms with Crippen LogP contribution in [-0.4, -0.2) is 30.3 Å². The molecule has 3 saturated carbocycles. The molecule has 30 heavy (non-hydrogen) atoms. The summed E-state index contributed by atoms with van der Waals surface area (Å²) in [6.45, 7) is 3.89. The van der Waals surface area contributed by atoms with Crippen LogP contribution in [0.5, 0.6) is 0 Å². The third kappa shape index (κ3) is 3.89. The van der Waals surface area contributed by atoms with Crippen molar-refractivity contribution in [1.82, 2.24) is 0 Å². The molecule has 166 valence electrons. The van der Waals surface area contributed by atoms with Crippen LogP contribution in [0.15, 0.2) is 11.6 Å². The molecule has 4 nitrogen and oxygen atoms in total. The number of hydrogen-bond donors (Lipinski definition) is 0. The Morgan fingerprint density at radius 3 is 2.73 bits per heavy atom. The molecule has 0 saturated heterocycles. The summed E-state index contributed by atoms with van der Waals surface area (Å²) in [5.41, 5.74) is 0.674. The Morgan fingerprint density at radius 2 is 1.97 bits per heavy atom. The highest BCUT2D eigenvalue weighted by atomic mass is 19.1. The number of hydrogen-bond acceptors (Lipinski definition) is 4. The Hall–Kier alpha value is -1.52. The van der Waals surface area contributed by atoms with E-state index in [2.05, 4.69) is 0 Å². The van der Waals surface area contributed by atoms with E-state index in [-0.39, 0.29) is 41.2 Å². The van der Waals surface area contributed by atoms with Gasteiger partial charge in [0.15, 0.2) is 5.78 Å². The summed E-state index contributed by atoms with van der Waals surface area (Å²) in [6.07, 6.45) is 8.74. The van der Waals surface area contributed by atoms with Crippen LogP contribution in [0.1, 0.15) is 78.1 Å². The van der Waals surface area contributed by atoms with E-state index in [1.165, 1.54) is 12.5 Å². The molecule has 0 amide bonds. The lowest BCUT2D eigenvalue weighted by molar-refractivity contribution is -0.141. The van der Waals surface area contributed by atoms with Gasteiger partial charge in [-0.05, 0) is 68.3 Å². The molecule has 4 aliphatic rings. The summed E-state index contributed by atoms with van der Waals surface area (Å²) in [5.74, 6) is 1.22. The van der Waals surface area contributed by atoms with Gasteiger partial charge in [-0.3, -0.25) is 14.4 Å². The molecule has 5 heteroatoms. The summed E-state index contributed by atoms with van der Waals surface area (Å²) < 4.78 is 20.7. The number of rotatable bonds is 6. The first-order valence-corrected chi connectivity index (χ1v) is 11.9. The molecule has 0 aliphatic heterocycles. The fourth-order valence-electron chi connectivity index (χ4n) is 7.35. The number of ether oxygens (including phenoxy) is 1. The third-order valence-corrected chi connectivity index (χ3v) is 8.64. The molecule has 4 rings (SSSR count). The molecule has 0 radical (unpaired) electrons. The normalized spacial score (nSPS) is 40.3. The van der Waals surface area contributed by atoms with Gasteiger partial charge in [0.25, 0.3) is 0 Å². The second-order valence-electron chi connectivity index (χ2n) is 10.3. The smallest absolute Gasteiger partial charge is 0.302 e. The van der Waals surface area contributed by atoms with Gasteiger partial charge in [-0.1, -0.05) is 25.3 Å². The molecule has 7 atom stereocenters. The summed E-state index contributed by atoms with van der Waals surface area (Å²) in [7, 11) is 0. The predicted octanol–water partition coefficient (Wildman–Crippen LogP) is 4.99. The zero-order valence-corrected chi connectivity index (χ0v) is 18.3. The number of alkyl halides is 1. The lowest BCUT2D eigenvalue weighted by atomic mass is 9.48. The highest BCUT2D eigenvalue weighted by Crippen LogP contribution is 2.63. The number of carbonyl (C=O) groups excluding carboxylic acids is 3. The molecule has 0 N–H and O–H groups in total. The minimum atomic E-state index is -0.952. The number of Topliss-reactive ketones (excluding diaryl/α,β-unsaturated/α-hetero) is 1. The van der Waals surface area contributed by atoms with E-state index in [1.807, 2.05) is 13.0 Å². The number of ketones is 2. The second kappa shape index (κ2) is 8.55. The minimum absolute atomic E-state index is 0.0341. The molecule has 0 aromatic rings. The van der Waals surface area contributed by atoms with E-state index >= 15 is 4.39 Å². The quantitative estimate of drug-likeness (QED) is 0.450. The third-order valence-electron chi connectivity index (χ3n) is 8.64. The van der Waals surface area contributed by atoms with Gasteiger partial charge < -0.3 is 4.74 Å². The van der Waals surface area contributed by atoms with Gasteiger partial charge in [0.2, 0.25) is 0 Å². The van der Waals surface area contributed by atoms with Gasteiger partial charge in [-0.2, -0.15) is 0 Å². The largest absolute Gasteiger partial charge is 0.466 e. The fourth-order valence-corrected chi connectivity index (χ4v) is 7.35. The van der Waals surface area contributed by atoms with E-state index in [9.17, 15) is 14.4 Å².